The Bertz CT molecular complexity index is 1100. The molecule has 0 aromatic carbocycles. The number of ether oxygens (including phenoxy) is 7. The summed E-state index contributed by atoms with van der Waals surface area (Å²) in [4.78, 5) is 23.5. The first-order chi connectivity index (χ1) is 23.0. The molecule has 0 spiro atoms. The van der Waals surface area contributed by atoms with E-state index in [1.165, 1.54) is 0 Å². The van der Waals surface area contributed by atoms with Crippen LogP contribution in [0.5, 0.6) is 0 Å². The zero-order chi connectivity index (χ0) is 36.5. The van der Waals surface area contributed by atoms with Crippen molar-refractivity contribution >= 4 is 11.9 Å². The van der Waals surface area contributed by atoms with Crippen LogP contribution in [0, 0.1) is 0 Å². The fourth-order valence-electron chi connectivity index (χ4n) is 5.82. The summed E-state index contributed by atoms with van der Waals surface area (Å²) in [6.07, 6.45) is -35.7. The van der Waals surface area contributed by atoms with Crippen molar-refractivity contribution in [2.45, 2.75) is 130 Å². The second kappa shape index (κ2) is 16.7. The lowest BCUT2D eigenvalue weighted by Gasteiger charge is -2.48. The van der Waals surface area contributed by atoms with E-state index in [-0.39, 0.29) is 0 Å². The highest BCUT2D eigenvalue weighted by Crippen LogP contribution is 2.33. The van der Waals surface area contributed by atoms with Crippen molar-refractivity contribution in [1.82, 2.24) is 5.32 Å². The molecule has 4 heterocycles. The monoisotopic (exact) mass is 721 g/mol. The van der Waals surface area contributed by atoms with Gasteiger partial charge < -0.3 is 105 Å². The van der Waals surface area contributed by atoms with Crippen molar-refractivity contribution in [2.75, 3.05) is 19.8 Å². The quantitative estimate of drug-likeness (QED) is 0.0941. The van der Waals surface area contributed by atoms with Gasteiger partial charge in [-0.05, 0) is 0 Å². The molecule has 4 rings (SSSR count). The fourth-order valence-corrected chi connectivity index (χ4v) is 5.82. The summed E-state index contributed by atoms with van der Waals surface area (Å²) < 4.78 is 37.7. The topological polar surface area (TPSA) is 374 Å². The molecule has 0 aromatic rings. The molecule has 0 bridgehead atoms. The molecule has 4 aliphatic heterocycles. The average Bonchev–Trinajstić information content (AvgIpc) is 3.05. The second-order valence-corrected chi connectivity index (χ2v) is 12.0. The first kappa shape index (κ1) is 40.0. The highest BCUT2D eigenvalue weighted by Gasteiger charge is 2.55. The van der Waals surface area contributed by atoms with Crippen LogP contribution in [0.15, 0.2) is 0 Å². The summed E-state index contributed by atoms with van der Waals surface area (Å²) in [6, 6.07) is -1.60. The summed E-state index contributed by atoms with van der Waals surface area (Å²) in [5, 5.41) is 136. The van der Waals surface area contributed by atoms with Gasteiger partial charge in [-0.25, -0.2) is 4.79 Å². The molecule has 0 saturated carbocycles. The van der Waals surface area contributed by atoms with Gasteiger partial charge in [0.25, 0.3) is 0 Å². The number of hydrogen-bond donors (Lipinski definition) is 14. The number of carboxylic acid groups (broad SMARTS) is 1. The normalized spacial score (nSPS) is 49.3. The van der Waals surface area contributed by atoms with Gasteiger partial charge in [-0.3, -0.25) is 4.79 Å². The Labute approximate surface area is 276 Å². The average molecular weight is 722 g/mol. The van der Waals surface area contributed by atoms with Crippen molar-refractivity contribution in [3.05, 3.63) is 0 Å². The number of aliphatic hydroxyl groups is 12. The summed E-state index contributed by atoms with van der Waals surface area (Å²) in [6.45, 7) is -1.40. The van der Waals surface area contributed by atoms with E-state index in [1.807, 2.05) is 0 Å². The summed E-state index contributed by atoms with van der Waals surface area (Å²) in [7, 11) is 0. The molecular formula is C26H43NO22. The molecule has 0 aliphatic carbocycles. The van der Waals surface area contributed by atoms with Crippen molar-refractivity contribution < 1.29 is 109 Å². The van der Waals surface area contributed by atoms with E-state index in [4.69, 9.17) is 33.2 Å². The number of hydrogen-bond acceptors (Lipinski definition) is 21. The van der Waals surface area contributed by atoms with E-state index < -0.39 is 154 Å². The first-order valence-corrected chi connectivity index (χ1v) is 15.1. The highest BCUT2D eigenvalue weighted by atomic mass is 16.8. The number of rotatable bonds is 11. The lowest BCUT2D eigenvalue weighted by molar-refractivity contribution is -0.372. The lowest BCUT2D eigenvalue weighted by Crippen LogP contribution is -2.69. The van der Waals surface area contributed by atoms with Crippen LogP contribution in [-0.4, -0.2) is 221 Å². The van der Waals surface area contributed by atoms with Crippen molar-refractivity contribution in [3.63, 3.8) is 0 Å². The predicted molar refractivity (Wildman–Crippen MR) is 146 cm³/mol. The smallest absolute Gasteiger partial charge is 0.335 e. The van der Waals surface area contributed by atoms with Gasteiger partial charge in [-0.1, -0.05) is 0 Å². The molecule has 23 heteroatoms. The Balaban J connectivity index is 1.53. The molecule has 0 unspecified atom stereocenters. The molecule has 4 fully saturated rings. The largest absolute Gasteiger partial charge is 0.479 e. The molecule has 0 aromatic heterocycles. The Kier molecular flexibility index (Phi) is 13.6. The van der Waals surface area contributed by atoms with Crippen molar-refractivity contribution in [2.24, 2.45) is 0 Å². The Morgan fingerprint density at radius 3 is 1.69 bits per heavy atom. The Hall–Kier alpha value is -1.82. The van der Waals surface area contributed by atoms with Crippen LogP contribution in [0.1, 0.15) is 6.92 Å². The van der Waals surface area contributed by atoms with Crippen LogP contribution < -0.4 is 5.32 Å². The molecule has 14 N–H and O–H groups in total. The molecular weight excluding hydrogens is 678 g/mol. The third-order valence-corrected chi connectivity index (χ3v) is 8.55. The third-order valence-electron chi connectivity index (χ3n) is 8.55. The zero-order valence-corrected chi connectivity index (χ0v) is 25.7. The molecule has 1 amide bonds. The summed E-state index contributed by atoms with van der Waals surface area (Å²) in [5.41, 5.74) is 0. The van der Waals surface area contributed by atoms with Crippen LogP contribution in [-0.2, 0) is 42.7 Å². The maximum atomic E-state index is 12.0. The van der Waals surface area contributed by atoms with Crippen LogP contribution in [0.3, 0.4) is 0 Å². The molecule has 49 heavy (non-hydrogen) atoms. The van der Waals surface area contributed by atoms with Gasteiger partial charge in [0, 0.05) is 6.92 Å². The van der Waals surface area contributed by atoms with E-state index in [0.717, 1.165) is 6.92 Å². The number of aliphatic carboxylic acids is 1. The number of carbonyl (C=O) groups is 2. The van der Waals surface area contributed by atoms with Gasteiger partial charge in [-0.2, -0.15) is 0 Å². The highest BCUT2D eigenvalue weighted by molar-refractivity contribution is 5.73. The van der Waals surface area contributed by atoms with Gasteiger partial charge in [0.05, 0.1) is 19.8 Å². The standard InChI is InChI=1S/C26H43NO22/c1-5(30)27-9-19(12(33)8(44-23(9)42)4-43-24-16(37)13(34)10(31)6(2-28)45-24)47-26-18(39)20(11(32)7(3-29)46-26)48-25-17(38)14(35)15(36)21(49-25)22(40)41/h6-21,23-26,28-29,31-39,42H,2-4H2,1H3,(H,27,30)(H,40,41)/t6-,7-,8-,9-,10+,11+,12+,13+,14+,15+,16-,17-,18-,19-,20+,21+,23+,24-,25-,26+/m1/s1. The van der Waals surface area contributed by atoms with Crippen LogP contribution in [0.2, 0.25) is 0 Å². The molecule has 23 nitrogen and oxygen atoms in total. The van der Waals surface area contributed by atoms with Crippen LogP contribution in [0.25, 0.3) is 0 Å². The van der Waals surface area contributed by atoms with Gasteiger partial charge in [0.2, 0.25) is 5.91 Å². The van der Waals surface area contributed by atoms with Crippen LogP contribution >= 0.6 is 0 Å². The number of aliphatic hydroxyl groups excluding tert-OH is 12. The van der Waals surface area contributed by atoms with E-state index in [0.29, 0.717) is 0 Å². The van der Waals surface area contributed by atoms with Gasteiger partial charge >= 0.3 is 5.97 Å². The molecule has 4 aliphatic rings. The molecule has 284 valence electrons. The van der Waals surface area contributed by atoms with E-state index in [9.17, 15) is 76.0 Å². The first-order valence-electron chi connectivity index (χ1n) is 15.1. The summed E-state index contributed by atoms with van der Waals surface area (Å²) >= 11 is 0. The number of carbonyl (C=O) groups excluding carboxylic acids is 1. The SMILES string of the molecule is CC(=O)N[C@@H]1[C@@H](O[C@@H]2O[C@H](CO)[C@H](O)[C@H](O[C@@H]3O[C@H](C(=O)O)[C@@H](O)[C@H](O)[C@H]3O)[C@H]2O)[C@@H](O)[C@@H](CO[C@@H]2O[C@H](CO)[C@H](O)[C@H](O)[C@H]2O)O[C@@H]1O. The fraction of sp³-hybridized carbons (Fsp3) is 0.923. The maximum absolute atomic E-state index is 12.0. The number of amides is 1. The minimum atomic E-state index is -2.13. The van der Waals surface area contributed by atoms with E-state index in [2.05, 4.69) is 5.32 Å². The van der Waals surface area contributed by atoms with Gasteiger partial charge in [0.1, 0.15) is 91.5 Å². The number of nitrogens with one attached hydrogen (secondary N) is 1. The predicted octanol–water partition coefficient (Wildman–Crippen LogP) is -9.51. The Morgan fingerprint density at radius 2 is 1.10 bits per heavy atom. The maximum Gasteiger partial charge on any atom is 0.335 e. The van der Waals surface area contributed by atoms with Gasteiger partial charge in [0.15, 0.2) is 31.3 Å². The number of carboxylic acids is 1. The van der Waals surface area contributed by atoms with Gasteiger partial charge in [-0.15, -0.1) is 0 Å². The van der Waals surface area contributed by atoms with E-state index >= 15 is 0 Å². The lowest BCUT2D eigenvalue weighted by atomic mass is 9.95. The zero-order valence-electron chi connectivity index (χ0n) is 25.7. The van der Waals surface area contributed by atoms with Crippen molar-refractivity contribution in [3.8, 4) is 0 Å². The second-order valence-electron chi connectivity index (χ2n) is 12.0. The molecule has 0 radical (unpaired) electrons. The molecule has 4 saturated heterocycles. The van der Waals surface area contributed by atoms with Crippen molar-refractivity contribution in [1.29, 1.82) is 0 Å². The molecule has 20 atom stereocenters. The minimum Gasteiger partial charge on any atom is -0.479 e. The van der Waals surface area contributed by atoms with Crippen LogP contribution in [0.4, 0.5) is 0 Å². The summed E-state index contributed by atoms with van der Waals surface area (Å²) in [5.74, 6) is -2.51. The minimum absolute atomic E-state index is 0.721. The third kappa shape index (κ3) is 8.47. The Morgan fingerprint density at radius 1 is 0.592 bits per heavy atom. The van der Waals surface area contributed by atoms with E-state index in [1.54, 1.807) is 0 Å².